The van der Waals surface area contributed by atoms with Gasteiger partial charge in [-0.2, -0.15) is 5.10 Å². The van der Waals surface area contributed by atoms with E-state index in [2.05, 4.69) is 10.4 Å². The van der Waals surface area contributed by atoms with Gasteiger partial charge in [0, 0.05) is 19.7 Å². The van der Waals surface area contributed by atoms with Crippen molar-refractivity contribution in [2.24, 2.45) is 7.05 Å². The second kappa shape index (κ2) is 4.51. The summed E-state index contributed by atoms with van der Waals surface area (Å²) in [7, 11) is 1.76. The van der Waals surface area contributed by atoms with Crippen LogP contribution in [0.2, 0.25) is 0 Å². The van der Waals surface area contributed by atoms with Gasteiger partial charge in [-0.25, -0.2) is 0 Å². The summed E-state index contributed by atoms with van der Waals surface area (Å²) in [6.45, 7) is 0. The van der Waals surface area contributed by atoms with E-state index in [9.17, 15) is 9.90 Å². The van der Waals surface area contributed by atoms with Gasteiger partial charge in [0.2, 0.25) is 0 Å². The van der Waals surface area contributed by atoms with Crippen LogP contribution in [0.4, 0.5) is 0 Å². The quantitative estimate of drug-likeness (QED) is 0.836. The summed E-state index contributed by atoms with van der Waals surface area (Å²) in [6, 6.07) is 7.44. The Morgan fingerprint density at radius 2 is 2.26 bits per heavy atom. The number of carbonyl (C=O) groups is 1. The van der Waals surface area contributed by atoms with Crippen molar-refractivity contribution in [2.75, 3.05) is 0 Å². The van der Waals surface area contributed by atoms with Crippen molar-refractivity contribution in [3.8, 4) is 0 Å². The molecule has 1 aromatic carbocycles. The molecular weight excluding hydrogens is 242 g/mol. The molecule has 1 aliphatic rings. The molecular formula is C14H15N3O2. The van der Waals surface area contributed by atoms with Gasteiger partial charge in [-0.15, -0.1) is 0 Å². The highest BCUT2D eigenvalue weighted by molar-refractivity contribution is 5.94. The molecule has 0 fully saturated rings. The van der Waals surface area contributed by atoms with Gasteiger partial charge in [0.1, 0.15) is 0 Å². The first-order valence-electron chi connectivity index (χ1n) is 6.20. The molecule has 1 aliphatic carbocycles. The van der Waals surface area contributed by atoms with Crippen LogP contribution in [0.15, 0.2) is 36.7 Å². The molecule has 1 amide bonds. The molecule has 19 heavy (non-hydrogen) atoms. The van der Waals surface area contributed by atoms with E-state index in [1.54, 1.807) is 17.9 Å². The third-order valence-corrected chi connectivity index (χ3v) is 3.46. The van der Waals surface area contributed by atoms with Crippen molar-refractivity contribution in [1.29, 1.82) is 0 Å². The maximum atomic E-state index is 12.1. The van der Waals surface area contributed by atoms with Crippen LogP contribution in [0, 0.1) is 0 Å². The van der Waals surface area contributed by atoms with E-state index < -0.39 is 6.10 Å². The molecule has 0 saturated carbocycles. The Bertz CT molecular complexity index is 621. The first kappa shape index (κ1) is 11.9. The Balaban J connectivity index is 1.82. The standard InChI is InChI=1S/C14H15N3O2/c1-17-8-10(7-15-17)14(19)16-13-11-5-3-2-4-9(11)6-12(13)18/h2-5,7-8,12-13,18H,6H2,1H3,(H,16,19)/t12-,13+/m1/s1. The second-order valence-electron chi connectivity index (χ2n) is 4.82. The van der Waals surface area contributed by atoms with Crippen molar-refractivity contribution in [3.63, 3.8) is 0 Å². The maximum absolute atomic E-state index is 12.1. The predicted octanol–water partition coefficient (Wildman–Crippen LogP) is 0.808. The van der Waals surface area contributed by atoms with Crippen LogP contribution in [0.1, 0.15) is 27.5 Å². The molecule has 2 aromatic rings. The van der Waals surface area contributed by atoms with Gasteiger partial charge in [0.05, 0.1) is 23.9 Å². The molecule has 1 aromatic heterocycles. The van der Waals surface area contributed by atoms with Crippen molar-refractivity contribution >= 4 is 5.91 Å². The predicted molar refractivity (Wildman–Crippen MR) is 69.6 cm³/mol. The number of hydrogen-bond acceptors (Lipinski definition) is 3. The Morgan fingerprint density at radius 3 is 3.00 bits per heavy atom. The van der Waals surface area contributed by atoms with Crippen LogP contribution >= 0.6 is 0 Å². The van der Waals surface area contributed by atoms with Crippen molar-refractivity contribution in [3.05, 3.63) is 53.3 Å². The number of benzene rings is 1. The number of rotatable bonds is 2. The normalized spacial score (nSPS) is 21.2. The van der Waals surface area contributed by atoms with Gasteiger partial charge < -0.3 is 10.4 Å². The van der Waals surface area contributed by atoms with Gasteiger partial charge in [0.15, 0.2) is 0 Å². The molecule has 0 radical (unpaired) electrons. The van der Waals surface area contributed by atoms with Crippen LogP contribution in [0.5, 0.6) is 0 Å². The fourth-order valence-electron chi connectivity index (χ4n) is 2.51. The summed E-state index contributed by atoms with van der Waals surface area (Å²) < 4.78 is 1.58. The largest absolute Gasteiger partial charge is 0.390 e. The number of hydrogen-bond donors (Lipinski definition) is 2. The van der Waals surface area contributed by atoms with E-state index in [4.69, 9.17) is 0 Å². The first-order chi connectivity index (χ1) is 9.15. The topological polar surface area (TPSA) is 67.2 Å². The number of nitrogens with one attached hydrogen (secondary N) is 1. The number of aliphatic hydroxyl groups excluding tert-OH is 1. The summed E-state index contributed by atoms with van der Waals surface area (Å²) in [5, 5.41) is 16.9. The number of aryl methyl sites for hydroxylation is 1. The number of amides is 1. The molecule has 0 saturated heterocycles. The third kappa shape index (κ3) is 2.13. The highest BCUT2D eigenvalue weighted by atomic mass is 16.3. The minimum atomic E-state index is -0.571. The molecule has 0 unspecified atom stereocenters. The zero-order valence-electron chi connectivity index (χ0n) is 10.6. The summed E-state index contributed by atoms with van der Waals surface area (Å²) >= 11 is 0. The van der Waals surface area contributed by atoms with Crippen LogP contribution in [0.25, 0.3) is 0 Å². The SMILES string of the molecule is Cn1cc(C(=O)N[C@H]2c3ccccc3C[C@H]2O)cn1. The summed E-state index contributed by atoms with van der Waals surface area (Å²) in [5.74, 6) is -0.214. The van der Waals surface area contributed by atoms with Gasteiger partial charge in [-0.3, -0.25) is 9.48 Å². The monoisotopic (exact) mass is 257 g/mol. The number of aromatic nitrogens is 2. The lowest BCUT2D eigenvalue weighted by Gasteiger charge is -2.17. The van der Waals surface area contributed by atoms with Crippen LogP contribution < -0.4 is 5.32 Å². The highest BCUT2D eigenvalue weighted by Gasteiger charge is 2.32. The Morgan fingerprint density at radius 1 is 1.47 bits per heavy atom. The zero-order chi connectivity index (χ0) is 13.4. The number of carbonyl (C=O) groups excluding carboxylic acids is 1. The average Bonchev–Trinajstić information content (AvgIpc) is 2.95. The van der Waals surface area contributed by atoms with Crippen molar-refractivity contribution in [1.82, 2.24) is 15.1 Å². The van der Waals surface area contributed by atoms with E-state index in [0.29, 0.717) is 12.0 Å². The summed E-state index contributed by atoms with van der Waals surface area (Å²) in [5.41, 5.74) is 2.58. The van der Waals surface area contributed by atoms with E-state index in [0.717, 1.165) is 11.1 Å². The van der Waals surface area contributed by atoms with E-state index in [-0.39, 0.29) is 11.9 Å². The average molecular weight is 257 g/mol. The highest BCUT2D eigenvalue weighted by Crippen LogP contribution is 2.31. The van der Waals surface area contributed by atoms with Crippen molar-refractivity contribution in [2.45, 2.75) is 18.6 Å². The number of aliphatic hydroxyl groups is 1. The van der Waals surface area contributed by atoms with Gasteiger partial charge >= 0.3 is 0 Å². The molecule has 2 atom stereocenters. The molecule has 0 spiro atoms. The Hall–Kier alpha value is -2.14. The first-order valence-corrected chi connectivity index (χ1v) is 6.20. The fourth-order valence-corrected chi connectivity index (χ4v) is 2.51. The van der Waals surface area contributed by atoms with Crippen LogP contribution in [0.3, 0.4) is 0 Å². The molecule has 3 rings (SSSR count). The lowest BCUT2D eigenvalue weighted by atomic mass is 10.1. The lowest BCUT2D eigenvalue weighted by Crippen LogP contribution is -2.33. The van der Waals surface area contributed by atoms with E-state index in [1.165, 1.54) is 6.20 Å². The third-order valence-electron chi connectivity index (χ3n) is 3.46. The fraction of sp³-hybridized carbons (Fsp3) is 0.286. The summed E-state index contributed by atoms with van der Waals surface area (Å²) in [4.78, 5) is 12.1. The molecule has 0 bridgehead atoms. The molecule has 1 heterocycles. The minimum absolute atomic E-state index is 0.214. The van der Waals surface area contributed by atoms with Crippen LogP contribution in [-0.2, 0) is 13.5 Å². The van der Waals surface area contributed by atoms with Gasteiger partial charge in [-0.05, 0) is 11.1 Å². The van der Waals surface area contributed by atoms with Gasteiger partial charge in [-0.1, -0.05) is 24.3 Å². The minimum Gasteiger partial charge on any atom is -0.390 e. The van der Waals surface area contributed by atoms with E-state index in [1.807, 2.05) is 24.3 Å². The molecule has 98 valence electrons. The number of fused-ring (bicyclic) bond motifs is 1. The molecule has 5 heteroatoms. The van der Waals surface area contributed by atoms with Gasteiger partial charge in [0.25, 0.3) is 5.91 Å². The van der Waals surface area contributed by atoms with Crippen LogP contribution in [-0.4, -0.2) is 26.9 Å². The molecule has 0 aliphatic heterocycles. The van der Waals surface area contributed by atoms with E-state index >= 15 is 0 Å². The Kier molecular flexibility index (Phi) is 2.83. The molecule has 2 N–H and O–H groups in total. The lowest BCUT2D eigenvalue weighted by molar-refractivity contribution is 0.0858. The molecule has 5 nitrogen and oxygen atoms in total. The second-order valence-corrected chi connectivity index (χ2v) is 4.82. The maximum Gasteiger partial charge on any atom is 0.255 e. The summed E-state index contributed by atoms with van der Waals surface area (Å²) in [6.07, 6.45) is 3.18. The smallest absolute Gasteiger partial charge is 0.255 e. The Labute approximate surface area is 110 Å². The number of nitrogens with zero attached hydrogens (tertiary/aromatic N) is 2. The zero-order valence-corrected chi connectivity index (χ0v) is 10.6. The van der Waals surface area contributed by atoms with Crippen molar-refractivity contribution < 1.29 is 9.90 Å².